The van der Waals surface area contributed by atoms with Gasteiger partial charge in [-0.1, -0.05) is 35.0 Å². The van der Waals surface area contributed by atoms with E-state index < -0.39 is 0 Å². The first-order valence-electron chi connectivity index (χ1n) is 7.72. The van der Waals surface area contributed by atoms with Crippen molar-refractivity contribution in [1.29, 1.82) is 0 Å². The van der Waals surface area contributed by atoms with E-state index in [4.69, 9.17) is 4.98 Å². The summed E-state index contributed by atoms with van der Waals surface area (Å²) in [5.41, 5.74) is 2.65. The van der Waals surface area contributed by atoms with Crippen LogP contribution in [0.2, 0.25) is 0 Å². The minimum absolute atomic E-state index is 0.473. The largest absolute Gasteiger partial charge is 0.309 e. The van der Waals surface area contributed by atoms with Crippen molar-refractivity contribution in [2.75, 3.05) is 6.54 Å². The van der Waals surface area contributed by atoms with Crippen LogP contribution in [0.15, 0.2) is 28.7 Å². The van der Waals surface area contributed by atoms with Gasteiger partial charge in [-0.2, -0.15) is 0 Å². The maximum Gasteiger partial charge on any atom is 0.0975 e. The van der Waals surface area contributed by atoms with Crippen LogP contribution < -0.4 is 5.32 Å². The molecule has 3 rings (SSSR count). The van der Waals surface area contributed by atoms with Crippen molar-refractivity contribution in [3.05, 3.63) is 49.9 Å². The van der Waals surface area contributed by atoms with Gasteiger partial charge < -0.3 is 5.32 Å². The predicted molar refractivity (Wildman–Crippen MR) is 93.0 cm³/mol. The van der Waals surface area contributed by atoms with Gasteiger partial charge in [-0.15, -0.1) is 11.3 Å². The molecule has 2 aromatic rings. The van der Waals surface area contributed by atoms with Crippen molar-refractivity contribution in [2.24, 2.45) is 0 Å². The van der Waals surface area contributed by atoms with Crippen molar-refractivity contribution in [1.82, 2.24) is 10.3 Å². The Hall–Kier alpha value is -0.710. The molecule has 0 fully saturated rings. The van der Waals surface area contributed by atoms with Crippen LogP contribution in [0, 0.1) is 0 Å². The number of fused-ring (bicyclic) bond motifs is 1. The summed E-state index contributed by atoms with van der Waals surface area (Å²) in [7, 11) is 0. The summed E-state index contributed by atoms with van der Waals surface area (Å²) in [5, 5.41) is 4.90. The second-order valence-electron chi connectivity index (χ2n) is 5.62. The van der Waals surface area contributed by atoms with Gasteiger partial charge in [0.15, 0.2) is 0 Å². The van der Waals surface area contributed by atoms with Gasteiger partial charge in [-0.05, 0) is 49.9 Å². The molecule has 0 bridgehead atoms. The Labute approximate surface area is 139 Å². The number of aromatic nitrogens is 1. The summed E-state index contributed by atoms with van der Waals surface area (Å²) in [4.78, 5) is 6.45. The lowest BCUT2D eigenvalue weighted by Crippen LogP contribution is -2.25. The summed E-state index contributed by atoms with van der Waals surface area (Å²) in [6.45, 7) is 3.30. The standard InChI is InChI=1S/C17H21BrN2S/c1-2-9-19-14-7-4-8-15-17(14)20-16(21-15)11-12-5-3-6-13(18)10-12/h3,5-6,10,14,19H,2,4,7-9,11H2,1H3. The second kappa shape index (κ2) is 7.03. The molecule has 1 aromatic heterocycles. The number of thiazole rings is 1. The second-order valence-corrected chi connectivity index (χ2v) is 7.71. The van der Waals surface area contributed by atoms with Crippen LogP contribution in [0.25, 0.3) is 0 Å². The van der Waals surface area contributed by atoms with E-state index in [1.807, 2.05) is 11.3 Å². The molecule has 1 aromatic carbocycles. The Balaban J connectivity index is 1.78. The molecule has 112 valence electrons. The van der Waals surface area contributed by atoms with Crippen LogP contribution in [0.5, 0.6) is 0 Å². The number of hydrogen-bond acceptors (Lipinski definition) is 3. The zero-order valence-corrected chi connectivity index (χ0v) is 14.8. The fourth-order valence-corrected chi connectivity index (χ4v) is 4.54. The SMILES string of the molecule is CCCNC1CCCc2sc(Cc3cccc(Br)c3)nc21. The first-order valence-corrected chi connectivity index (χ1v) is 9.33. The topological polar surface area (TPSA) is 24.9 Å². The molecule has 1 heterocycles. The molecule has 1 atom stereocenters. The molecule has 4 heteroatoms. The maximum atomic E-state index is 4.95. The molecule has 2 nitrogen and oxygen atoms in total. The number of nitrogens with one attached hydrogen (secondary N) is 1. The monoisotopic (exact) mass is 364 g/mol. The molecule has 0 aliphatic heterocycles. The quantitative estimate of drug-likeness (QED) is 0.817. The van der Waals surface area contributed by atoms with Crippen molar-refractivity contribution >= 4 is 27.3 Å². The highest BCUT2D eigenvalue weighted by Crippen LogP contribution is 2.34. The van der Waals surface area contributed by atoms with Crippen LogP contribution in [0.1, 0.15) is 53.4 Å². The first kappa shape index (κ1) is 15.2. The van der Waals surface area contributed by atoms with E-state index in [1.165, 1.54) is 46.8 Å². The summed E-state index contributed by atoms with van der Waals surface area (Å²) in [6.07, 6.45) is 5.84. The van der Waals surface area contributed by atoms with Crippen LogP contribution >= 0.6 is 27.3 Å². The third-order valence-electron chi connectivity index (χ3n) is 3.88. The molecule has 0 saturated carbocycles. The van der Waals surface area contributed by atoms with Crippen LogP contribution in [-0.2, 0) is 12.8 Å². The minimum Gasteiger partial charge on any atom is -0.309 e. The Bertz CT molecular complexity index is 609. The Morgan fingerprint density at radius 3 is 3.14 bits per heavy atom. The third-order valence-corrected chi connectivity index (χ3v) is 5.51. The number of hydrogen-bond donors (Lipinski definition) is 1. The van der Waals surface area contributed by atoms with Gasteiger partial charge >= 0.3 is 0 Å². The Morgan fingerprint density at radius 2 is 2.33 bits per heavy atom. The normalized spacial score (nSPS) is 17.7. The van der Waals surface area contributed by atoms with Gasteiger partial charge in [0.25, 0.3) is 0 Å². The molecule has 0 spiro atoms. The van der Waals surface area contributed by atoms with Gasteiger partial charge in [-0.3, -0.25) is 0 Å². The molecule has 0 amide bonds. The minimum atomic E-state index is 0.473. The molecule has 0 radical (unpaired) electrons. The maximum absolute atomic E-state index is 4.95. The van der Waals surface area contributed by atoms with Gasteiger partial charge in [0.2, 0.25) is 0 Å². The van der Waals surface area contributed by atoms with Gasteiger partial charge in [0.05, 0.1) is 16.7 Å². The summed E-state index contributed by atoms with van der Waals surface area (Å²) in [5.74, 6) is 0. The van der Waals surface area contributed by atoms with E-state index in [-0.39, 0.29) is 0 Å². The molecule has 21 heavy (non-hydrogen) atoms. The van der Waals surface area contributed by atoms with Crippen LogP contribution in [0.3, 0.4) is 0 Å². The predicted octanol–water partition coefficient (Wildman–Crippen LogP) is 4.87. The highest BCUT2D eigenvalue weighted by Gasteiger charge is 2.24. The molecule has 0 saturated heterocycles. The smallest absolute Gasteiger partial charge is 0.0975 e. The van der Waals surface area contributed by atoms with E-state index in [2.05, 4.69) is 52.4 Å². The molecular weight excluding hydrogens is 344 g/mol. The fourth-order valence-electron chi connectivity index (χ4n) is 2.88. The van der Waals surface area contributed by atoms with E-state index in [0.717, 1.165) is 17.4 Å². The lowest BCUT2D eigenvalue weighted by Gasteiger charge is -2.22. The molecule has 1 unspecified atom stereocenters. The van der Waals surface area contributed by atoms with Gasteiger partial charge in [-0.25, -0.2) is 4.98 Å². The summed E-state index contributed by atoms with van der Waals surface area (Å²) in [6, 6.07) is 9.01. The summed E-state index contributed by atoms with van der Waals surface area (Å²) >= 11 is 5.45. The van der Waals surface area contributed by atoms with E-state index in [0.29, 0.717) is 6.04 Å². The zero-order valence-electron chi connectivity index (χ0n) is 12.4. The first-order chi connectivity index (χ1) is 10.3. The van der Waals surface area contributed by atoms with Crippen molar-refractivity contribution in [2.45, 2.75) is 45.1 Å². The van der Waals surface area contributed by atoms with E-state index >= 15 is 0 Å². The Kier molecular flexibility index (Phi) is 5.09. The molecule has 1 aliphatic carbocycles. The van der Waals surface area contributed by atoms with Crippen molar-refractivity contribution < 1.29 is 0 Å². The van der Waals surface area contributed by atoms with Gasteiger partial charge in [0, 0.05) is 15.8 Å². The number of halogens is 1. The van der Waals surface area contributed by atoms with Crippen LogP contribution in [0.4, 0.5) is 0 Å². The third kappa shape index (κ3) is 3.74. The number of benzene rings is 1. The highest BCUT2D eigenvalue weighted by molar-refractivity contribution is 9.10. The zero-order chi connectivity index (χ0) is 14.7. The average molecular weight is 365 g/mol. The highest BCUT2D eigenvalue weighted by atomic mass is 79.9. The van der Waals surface area contributed by atoms with E-state index in [9.17, 15) is 0 Å². The number of aryl methyl sites for hydroxylation is 1. The average Bonchev–Trinajstić information content (AvgIpc) is 2.88. The molecule has 1 N–H and O–H groups in total. The lowest BCUT2D eigenvalue weighted by molar-refractivity contribution is 0.454. The van der Waals surface area contributed by atoms with Crippen LogP contribution in [-0.4, -0.2) is 11.5 Å². The van der Waals surface area contributed by atoms with Crippen molar-refractivity contribution in [3.63, 3.8) is 0 Å². The summed E-state index contributed by atoms with van der Waals surface area (Å²) < 4.78 is 1.14. The lowest BCUT2D eigenvalue weighted by atomic mass is 9.97. The molecular formula is C17H21BrN2S. The Morgan fingerprint density at radius 1 is 1.43 bits per heavy atom. The number of rotatable bonds is 5. The fraction of sp³-hybridized carbons (Fsp3) is 0.471. The van der Waals surface area contributed by atoms with E-state index in [1.54, 1.807) is 0 Å². The number of nitrogens with zero attached hydrogens (tertiary/aromatic N) is 1. The van der Waals surface area contributed by atoms with Gasteiger partial charge in [0.1, 0.15) is 0 Å². The molecule has 1 aliphatic rings. The van der Waals surface area contributed by atoms with Crippen molar-refractivity contribution in [3.8, 4) is 0 Å².